The fourth-order valence-corrected chi connectivity index (χ4v) is 6.05. The van der Waals surface area contributed by atoms with Gasteiger partial charge < -0.3 is 15.1 Å². The molecule has 7 nitrogen and oxygen atoms in total. The number of fused-ring (bicyclic) bond motifs is 1. The summed E-state index contributed by atoms with van der Waals surface area (Å²) < 4.78 is 1.88. The zero-order chi connectivity index (χ0) is 22.7. The van der Waals surface area contributed by atoms with Crippen molar-refractivity contribution in [3.8, 4) is 0 Å². The van der Waals surface area contributed by atoms with Crippen molar-refractivity contribution in [3.05, 3.63) is 41.5 Å². The van der Waals surface area contributed by atoms with Crippen molar-refractivity contribution < 1.29 is 0 Å². The fraction of sp³-hybridized carbons (Fsp3) is 0.577. The minimum atomic E-state index is 0.386. The molecule has 6 rings (SSSR count). The molecule has 3 aromatic rings. The molecule has 5 heterocycles. The van der Waals surface area contributed by atoms with Crippen LogP contribution in [0.5, 0.6) is 0 Å². The Labute approximate surface area is 196 Å². The first-order chi connectivity index (χ1) is 15.9. The standard InChI is InChI=1S/C26H35N7/c1-17-11-20(33-10-8-28-26(16-33)6-7-26)13-27-24(17)21-5-9-32(15-18(21)2)23-12-19(3)30-25-22(23)14-29-31(25)4/h11-14,18,21,28H,5-10,15-16H2,1-4H3/t18-,21-/m1/s1. The molecule has 3 aliphatic rings. The SMILES string of the molecule is Cc1cc(N2CC[C@@H](c3ncc(N4CCNC5(CC5)C4)cc3C)[C@H](C)C2)c2cnn(C)c2n1. The third-order valence-electron chi connectivity index (χ3n) is 8.11. The number of anilines is 2. The quantitative estimate of drug-likeness (QED) is 0.665. The van der Waals surface area contributed by atoms with E-state index in [1.807, 2.05) is 17.9 Å². The van der Waals surface area contributed by atoms with E-state index in [2.05, 4.69) is 59.3 Å². The number of hydrogen-bond donors (Lipinski definition) is 1. The largest absolute Gasteiger partial charge is 0.371 e. The van der Waals surface area contributed by atoms with Crippen LogP contribution in [0.3, 0.4) is 0 Å². The molecule has 1 N–H and O–H groups in total. The third kappa shape index (κ3) is 3.66. The Morgan fingerprint density at radius 2 is 1.94 bits per heavy atom. The molecule has 174 valence electrons. The van der Waals surface area contributed by atoms with Crippen LogP contribution in [0.15, 0.2) is 24.5 Å². The number of aryl methyl sites for hydroxylation is 3. The first kappa shape index (κ1) is 20.9. The molecule has 33 heavy (non-hydrogen) atoms. The second-order valence-electron chi connectivity index (χ2n) is 10.6. The van der Waals surface area contributed by atoms with Gasteiger partial charge in [-0.3, -0.25) is 9.67 Å². The number of piperidine rings is 1. The third-order valence-corrected chi connectivity index (χ3v) is 8.11. The van der Waals surface area contributed by atoms with Gasteiger partial charge in [-0.15, -0.1) is 0 Å². The van der Waals surface area contributed by atoms with Gasteiger partial charge in [0.05, 0.1) is 29.2 Å². The van der Waals surface area contributed by atoms with Gasteiger partial charge in [-0.25, -0.2) is 4.98 Å². The van der Waals surface area contributed by atoms with E-state index < -0.39 is 0 Å². The number of pyridine rings is 2. The summed E-state index contributed by atoms with van der Waals surface area (Å²) in [5, 5.41) is 9.31. The lowest BCUT2D eigenvalue weighted by molar-refractivity contribution is 0.376. The van der Waals surface area contributed by atoms with Crippen LogP contribution in [-0.4, -0.2) is 58.0 Å². The summed E-state index contributed by atoms with van der Waals surface area (Å²) in [5.74, 6) is 1.03. The van der Waals surface area contributed by atoms with Crippen molar-refractivity contribution in [2.24, 2.45) is 13.0 Å². The average molecular weight is 446 g/mol. The van der Waals surface area contributed by atoms with Crippen LogP contribution in [0.4, 0.5) is 11.4 Å². The maximum Gasteiger partial charge on any atom is 0.159 e. The maximum atomic E-state index is 5.06. The second-order valence-corrected chi connectivity index (χ2v) is 10.6. The van der Waals surface area contributed by atoms with E-state index in [0.29, 0.717) is 17.4 Å². The molecule has 1 aliphatic carbocycles. The van der Waals surface area contributed by atoms with Crippen LogP contribution in [0, 0.1) is 19.8 Å². The lowest BCUT2D eigenvalue weighted by Crippen LogP contribution is -2.52. The Morgan fingerprint density at radius 3 is 2.70 bits per heavy atom. The summed E-state index contributed by atoms with van der Waals surface area (Å²) in [7, 11) is 1.97. The highest BCUT2D eigenvalue weighted by Crippen LogP contribution is 2.40. The highest BCUT2D eigenvalue weighted by molar-refractivity contribution is 5.89. The van der Waals surface area contributed by atoms with Gasteiger partial charge in [0.25, 0.3) is 0 Å². The molecular weight excluding hydrogens is 410 g/mol. The van der Waals surface area contributed by atoms with Gasteiger partial charge in [-0.05, 0) is 56.7 Å². The van der Waals surface area contributed by atoms with Crippen molar-refractivity contribution in [1.82, 2.24) is 25.1 Å². The number of piperazine rings is 1. The zero-order valence-electron chi connectivity index (χ0n) is 20.3. The molecule has 3 aromatic heterocycles. The van der Waals surface area contributed by atoms with Gasteiger partial charge in [-0.1, -0.05) is 6.92 Å². The van der Waals surface area contributed by atoms with E-state index in [4.69, 9.17) is 9.97 Å². The number of rotatable bonds is 3. The Bertz CT molecular complexity index is 1190. The van der Waals surface area contributed by atoms with Crippen LogP contribution in [0.2, 0.25) is 0 Å². The van der Waals surface area contributed by atoms with E-state index in [-0.39, 0.29) is 0 Å². The van der Waals surface area contributed by atoms with Gasteiger partial charge in [0.1, 0.15) is 0 Å². The monoisotopic (exact) mass is 445 g/mol. The van der Waals surface area contributed by atoms with Gasteiger partial charge in [0, 0.05) is 62.6 Å². The Balaban J connectivity index is 1.21. The Hall–Kier alpha value is -2.67. The van der Waals surface area contributed by atoms with Gasteiger partial charge in [0.15, 0.2) is 5.65 Å². The predicted molar refractivity (Wildman–Crippen MR) is 133 cm³/mol. The Kier molecular flexibility index (Phi) is 4.87. The minimum absolute atomic E-state index is 0.386. The lowest BCUT2D eigenvalue weighted by Gasteiger charge is -2.39. The van der Waals surface area contributed by atoms with Crippen LogP contribution < -0.4 is 15.1 Å². The molecule has 0 bridgehead atoms. The van der Waals surface area contributed by atoms with Crippen molar-refractivity contribution in [1.29, 1.82) is 0 Å². The van der Waals surface area contributed by atoms with Crippen molar-refractivity contribution in [2.75, 3.05) is 42.5 Å². The zero-order valence-corrected chi connectivity index (χ0v) is 20.3. The van der Waals surface area contributed by atoms with Crippen molar-refractivity contribution in [3.63, 3.8) is 0 Å². The Morgan fingerprint density at radius 1 is 1.09 bits per heavy atom. The van der Waals surface area contributed by atoms with E-state index in [9.17, 15) is 0 Å². The molecule has 2 saturated heterocycles. The highest BCUT2D eigenvalue weighted by Gasteiger charge is 2.45. The number of nitrogens with zero attached hydrogens (tertiary/aromatic N) is 6. The molecule has 3 fully saturated rings. The van der Waals surface area contributed by atoms with Crippen LogP contribution in [0.25, 0.3) is 11.0 Å². The topological polar surface area (TPSA) is 62.1 Å². The number of nitrogens with one attached hydrogen (secondary N) is 1. The van der Waals surface area contributed by atoms with Gasteiger partial charge in [-0.2, -0.15) is 5.10 Å². The highest BCUT2D eigenvalue weighted by atomic mass is 15.3. The maximum absolute atomic E-state index is 5.06. The van der Waals surface area contributed by atoms with E-state index in [1.165, 1.54) is 35.5 Å². The molecule has 0 radical (unpaired) electrons. The van der Waals surface area contributed by atoms with E-state index in [0.717, 1.165) is 55.9 Å². The molecule has 7 heteroatoms. The first-order valence-electron chi connectivity index (χ1n) is 12.4. The van der Waals surface area contributed by atoms with E-state index in [1.54, 1.807) is 0 Å². The molecule has 1 saturated carbocycles. The predicted octanol–water partition coefficient (Wildman–Crippen LogP) is 3.55. The number of hydrogen-bond acceptors (Lipinski definition) is 6. The molecule has 1 spiro atoms. The fourth-order valence-electron chi connectivity index (χ4n) is 6.05. The number of aromatic nitrogens is 4. The molecule has 2 aliphatic heterocycles. The molecular formula is C26H35N7. The smallest absolute Gasteiger partial charge is 0.159 e. The molecule has 0 aromatic carbocycles. The van der Waals surface area contributed by atoms with Crippen molar-refractivity contribution in [2.45, 2.75) is 51.5 Å². The van der Waals surface area contributed by atoms with Crippen LogP contribution in [-0.2, 0) is 7.05 Å². The summed E-state index contributed by atoms with van der Waals surface area (Å²) in [6, 6.07) is 4.60. The first-order valence-corrected chi connectivity index (χ1v) is 12.4. The summed E-state index contributed by atoms with van der Waals surface area (Å²) in [4.78, 5) is 14.8. The molecule has 0 unspecified atom stereocenters. The second kappa shape index (κ2) is 7.69. The summed E-state index contributed by atoms with van der Waals surface area (Å²) in [5.41, 5.74) is 7.59. The van der Waals surface area contributed by atoms with Gasteiger partial charge in [0.2, 0.25) is 0 Å². The minimum Gasteiger partial charge on any atom is -0.371 e. The van der Waals surface area contributed by atoms with E-state index >= 15 is 0 Å². The summed E-state index contributed by atoms with van der Waals surface area (Å²) >= 11 is 0. The molecule has 0 amide bonds. The summed E-state index contributed by atoms with van der Waals surface area (Å²) in [6.45, 7) is 12.0. The lowest BCUT2D eigenvalue weighted by atomic mass is 9.82. The summed E-state index contributed by atoms with van der Waals surface area (Å²) in [6.07, 6.45) is 7.83. The average Bonchev–Trinajstić information content (AvgIpc) is 3.44. The van der Waals surface area contributed by atoms with Gasteiger partial charge >= 0.3 is 0 Å². The van der Waals surface area contributed by atoms with Crippen LogP contribution >= 0.6 is 0 Å². The van der Waals surface area contributed by atoms with Crippen molar-refractivity contribution >= 4 is 22.4 Å². The molecule has 2 atom stereocenters. The van der Waals surface area contributed by atoms with Crippen LogP contribution in [0.1, 0.15) is 49.1 Å². The normalized spacial score (nSPS) is 24.6.